The minimum atomic E-state index is -0.609. The van der Waals surface area contributed by atoms with Crippen LogP contribution in [0.1, 0.15) is 37.3 Å². The highest BCUT2D eigenvalue weighted by molar-refractivity contribution is 6.42. The van der Waals surface area contributed by atoms with Crippen molar-refractivity contribution in [2.24, 2.45) is 0 Å². The Kier molecular flexibility index (Phi) is 4.50. The van der Waals surface area contributed by atoms with Crippen LogP contribution in [-0.2, 0) is 6.42 Å². The first-order valence-corrected chi connectivity index (χ1v) is 6.88. The highest BCUT2D eigenvalue weighted by Gasteiger charge is 2.15. The molecular formula is C14H16Cl2N2O. The lowest BCUT2D eigenvalue weighted by Crippen LogP contribution is -2.11. The molecule has 0 aliphatic rings. The number of hydrogen-bond donors (Lipinski definition) is 1. The van der Waals surface area contributed by atoms with Crippen molar-refractivity contribution in [2.45, 2.75) is 32.4 Å². The van der Waals surface area contributed by atoms with Crippen molar-refractivity contribution in [1.82, 2.24) is 9.55 Å². The fourth-order valence-electron chi connectivity index (χ4n) is 2.00. The molecule has 0 spiro atoms. The Hall–Kier alpha value is -1.03. The molecule has 1 heterocycles. The molecule has 0 radical (unpaired) electrons. The summed E-state index contributed by atoms with van der Waals surface area (Å²) in [4.78, 5) is 4.09. The molecule has 3 nitrogen and oxygen atoms in total. The van der Waals surface area contributed by atoms with Gasteiger partial charge in [0, 0.05) is 12.5 Å². The van der Waals surface area contributed by atoms with Gasteiger partial charge in [-0.05, 0) is 31.5 Å². The molecule has 1 atom stereocenters. The first-order valence-electron chi connectivity index (χ1n) is 6.12. The standard InChI is InChI=1S/C14H16Cl2N2O/c1-9(2)18-8-17-7-13(18)14(19)6-10-3-4-11(15)12(16)5-10/h3-5,7-9,14,19H,6H2,1-2H3. The summed E-state index contributed by atoms with van der Waals surface area (Å²) in [5.41, 5.74) is 1.75. The fraction of sp³-hybridized carbons (Fsp3) is 0.357. The summed E-state index contributed by atoms with van der Waals surface area (Å²) in [6, 6.07) is 5.66. The van der Waals surface area contributed by atoms with E-state index in [9.17, 15) is 5.11 Å². The lowest BCUT2D eigenvalue weighted by atomic mass is 10.1. The molecule has 1 unspecified atom stereocenters. The highest BCUT2D eigenvalue weighted by atomic mass is 35.5. The molecular weight excluding hydrogens is 283 g/mol. The van der Waals surface area contributed by atoms with E-state index in [0.29, 0.717) is 16.5 Å². The average molecular weight is 299 g/mol. The van der Waals surface area contributed by atoms with Gasteiger partial charge in [0.05, 0.1) is 34.4 Å². The number of benzene rings is 1. The Morgan fingerprint density at radius 2 is 2.00 bits per heavy atom. The molecule has 2 aromatic rings. The third kappa shape index (κ3) is 3.30. The fourth-order valence-corrected chi connectivity index (χ4v) is 2.32. The molecule has 0 fully saturated rings. The van der Waals surface area contributed by atoms with Crippen molar-refractivity contribution in [1.29, 1.82) is 0 Å². The van der Waals surface area contributed by atoms with Gasteiger partial charge in [-0.25, -0.2) is 4.98 Å². The third-order valence-corrected chi connectivity index (χ3v) is 3.75. The summed E-state index contributed by atoms with van der Waals surface area (Å²) in [5.74, 6) is 0. The van der Waals surface area contributed by atoms with Gasteiger partial charge in [-0.2, -0.15) is 0 Å². The van der Waals surface area contributed by atoms with Crippen molar-refractivity contribution >= 4 is 23.2 Å². The normalized spacial score (nSPS) is 12.9. The van der Waals surface area contributed by atoms with Crippen molar-refractivity contribution in [3.05, 3.63) is 52.0 Å². The lowest BCUT2D eigenvalue weighted by molar-refractivity contribution is 0.167. The maximum atomic E-state index is 10.3. The third-order valence-electron chi connectivity index (χ3n) is 3.01. The molecule has 1 N–H and O–H groups in total. The Labute approximate surface area is 122 Å². The van der Waals surface area contributed by atoms with E-state index in [2.05, 4.69) is 18.8 Å². The van der Waals surface area contributed by atoms with Crippen LogP contribution in [0.15, 0.2) is 30.7 Å². The number of aromatic nitrogens is 2. The topological polar surface area (TPSA) is 38.0 Å². The maximum Gasteiger partial charge on any atom is 0.0996 e. The molecule has 19 heavy (non-hydrogen) atoms. The van der Waals surface area contributed by atoms with Crippen molar-refractivity contribution < 1.29 is 5.11 Å². The number of nitrogens with zero attached hydrogens (tertiary/aromatic N) is 2. The molecule has 0 bridgehead atoms. The van der Waals surface area contributed by atoms with Crippen LogP contribution in [0, 0.1) is 0 Å². The maximum absolute atomic E-state index is 10.3. The minimum Gasteiger partial charge on any atom is -0.386 e. The van der Waals surface area contributed by atoms with Crippen molar-refractivity contribution in [3.8, 4) is 0 Å². The molecule has 2 rings (SSSR count). The molecule has 1 aromatic heterocycles. The molecule has 0 saturated carbocycles. The van der Waals surface area contributed by atoms with E-state index in [1.54, 1.807) is 24.7 Å². The van der Waals surface area contributed by atoms with Crippen LogP contribution in [-0.4, -0.2) is 14.7 Å². The van der Waals surface area contributed by atoms with Crippen LogP contribution in [0.25, 0.3) is 0 Å². The van der Waals surface area contributed by atoms with Gasteiger partial charge in [-0.15, -0.1) is 0 Å². The Balaban J connectivity index is 2.18. The summed E-state index contributed by atoms with van der Waals surface area (Å²) >= 11 is 11.8. The zero-order valence-corrected chi connectivity index (χ0v) is 12.4. The number of rotatable bonds is 4. The Bertz CT molecular complexity index is 566. The second kappa shape index (κ2) is 5.95. The summed E-state index contributed by atoms with van der Waals surface area (Å²) in [5, 5.41) is 11.3. The van der Waals surface area contributed by atoms with E-state index < -0.39 is 6.10 Å². The van der Waals surface area contributed by atoms with Crippen LogP contribution in [0.5, 0.6) is 0 Å². The van der Waals surface area contributed by atoms with Crippen LogP contribution in [0.4, 0.5) is 0 Å². The largest absolute Gasteiger partial charge is 0.386 e. The molecule has 0 saturated heterocycles. The first-order chi connectivity index (χ1) is 8.99. The van der Waals surface area contributed by atoms with Gasteiger partial charge in [-0.1, -0.05) is 29.3 Å². The predicted molar refractivity (Wildman–Crippen MR) is 77.7 cm³/mol. The van der Waals surface area contributed by atoms with Crippen LogP contribution in [0.2, 0.25) is 10.0 Å². The number of aliphatic hydroxyl groups is 1. The zero-order valence-electron chi connectivity index (χ0n) is 10.8. The number of halogens is 2. The summed E-state index contributed by atoms with van der Waals surface area (Å²) in [7, 11) is 0. The average Bonchev–Trinajstić information content (AvgIpc) is 2.83. The van der Waals surface area contributed by atoms with Gasteiger partial charge in [0.25, 0.3) is 0 Å². The van der Waals surface area contributed by atoms with E-state index in [4.69, 9.17) is 23.2 Å². The number of aliphatic hydroxyl groups excluding tert-OH is 1. The van der Waals surface area contributed by atoms with Gasteiger partial charge in [0.15, 0.2) is 0 Å². The first kappa shape index (κ1) is 14.4. The molecule has 0 aliphatic heterocycles. The van der Waals surface area contributed by atoms with Crippen LogP contribution in [0.3, 0.4) is 0 Å². The molecule has 5 heteroatoms. The second-order valence-corrected chi connectivity index (χ2v) is 5.60. The van der Waals surface area contributed by atoms with Gasteiger partial charge < -0.3 is 9.67 Å². The molecule has 102 valence electrons. The van der Waals surface area contributed by atoms with Gasteiger partial charge in [0.1, 0.15) is 0 Å². The van der Waals surface area contributed by atoms with Crippen LogP contribution >= 0.6 is 23.2 Å². The summed E-state index contributed by atoms with van der Waals surface area (Å²) < 4.78 is 1.96. The van der Waals surface area contributed by atoms with Crippen molar-refractivity contribution in [3.63, 3.8) is 0 Å². The van der Waals surface area contributed by atoms with E-state index in [1.807, 2.05) is 10.6 Å². The van der Waals surface area contributed by atoms with Gasteiger partial charge >= 0.3 is 0 Å². The Morgan fingerprint density at radius 3 is 2.63 bits per heavy atom. The summed E-state index contributed by atoms with van der Waals surface area (Å²) in [6.07, 6.45) is 3.30. The SMILES string of the molecule is CC(C)n1cncc1C(O)Cc1ccc(Cl)c(Cl)c1. The van der Waals surface area contributed by atoms with E-state index >= 15 is 0 Å². The quantitative estimate of drug-likeness (QED) is 0.925. The molecule has 1 aromatic carbocycles. The zero-order chi connectivity index (χ0) is 14.0. The Morgan fingerprint density at radius 1 is 1.26 bits per heavy atom. The molecule has 0 aliphatic carbocycles. The minimum absolute atomic E-state index is 0.265. The van der Waals surface area contributed by atoms with E-state index in [-0.39, 0.29) is 6.04 Å². The highest BCUT2D eigenvalue weighted by Crippen LogP contribution is 2.26. The monoisotopic (exact) mass is 298 g/mol. The number of hydrogen-bond acceptors (Lipinski definition) is 2. The predicted octanol–water partition coefficient (Wildman–Crippen LogP) is 4.05. The second-order valence-electron chi connectivity index (χ2n) is 4.79. The van der Waals surface area contributed by atoms with Gasteiger partial charge in [0.2, 0.25) is 0 Å². The smallest absolute Gasteiger partial charge is 0.0996 e. The van der Waals surface area contributed by atoms with E-state index in [0.717, 1.165) is 11.3 Å². The van der Waals surface area contributed by atoms with E-state index in [1.165, 1.54) is 0 Å². The van der Waals surface area contributed by atoms with Gasteiger partial charge in [-0.3, -0.25) is 0 Å². The van der Waals surface area contributed by atoms with Crippen LogP contribution < -0.4 is 0 Å². The summed E-state index contributed by atoms with van der Waals surface area (Å²) in [6.45, 7) is 4.11. The molecule has 0 amide bonds. The lowest BCUT2D eigenvalue weighted by Gasteiger charge is -2.16. The van der Waals surface area contributed by atoms with Crippen molar-refractivity contribution in [2.75, 3.05) is 0 Å². The number of imidazole rings is 1.